The van der Waals surface area contributed by atoms with Crippen molar-refractivity contribution >= 4 is 6.08 Å². The Hall–Kier alpha value is -4.23. The molecule has 0 saturated carbocycles. The number of benzene rings is 4. The molecule has 0 amide bonds. The first-order chi connectivity index (χ1) is 17.2. The molecule has 0 aliphatic carbocycles. The van der Waals surface area contributed by atoms with E-state index in [1.807, 2.05) is 18.3 Å². The lowest BCUT2D eigenvalue weighted by atomic mass is 9.91. The van der Waals surface area contributed by atoms with Gasteiger partial charge in [-0.2, -0.15) is 0 Å². The van der Waals surface area contributed by atoms with Gasteiger partial charge in [0, 0.05) is 11.8 Å². The summed E-state index contributed by atoms with van der Waals surface area (Å²) in [5.41, 5.74) is 12.2. The second kappa shape index (κ2) is 10.4. The van der Waals surface area contributed by atoms with E-state index in [2.05, 4.69) is 128 Å². The molecular formula is C34H29N. The molecule has 5 aromatic rings. The molecule has 5 rings (SSSR count). The van der Waals surface area contributed by atoms with E-state index in [1.54, 1.807) is 0 Å². The minimum Gasteiger partial charge on any atom is -0.256 e. The van der Waals surface area contributed by atoms with Crippen molar-refractivity contribution in [2.24, 2.45) is 0 Å². The first-order valence-corrected chi connectivity index (χ1v) is 12.1. The molecule has 0 spiro atoms. The van der Waals surface area contributed by atoms with Crippen LogP contribution in [-0.4, -0.2) is 4.98 Å². The molecule has 1 heterocycles. The lowest BCUT2D eigenvalue weighted by Gasteiger charge is -2.13. The SMILES string of the molecule is C/C=C\c1ccccc1Cc1cc(C)cc(-c2cc(-c3ccccc3)cc(-c3ccccn3)c2)c1. The van der Waals surface area contributed by atoms with Crippen molar-refractivity contribution in [3.63, 3.8) is 0 Å². The second-order valence-corrected chi connectivity index (χ2v) is 8.96. The summed E-state index contributed by atoms with van der Waals surface area (Å²) >= 11 is 0. The molecule has 0 bridgehead atoms. The van der Waals surface area contributed by atoms with Crippen molar-refractivity contribution in [1.29, 1.82) is 0 Å². The molecule has 1 nitrogen and oxygen atoms in total. The molecule has 0 atom stereocenters. The summed E-state index contributed by atoms with van der Waals surface area (Å²) in [4.78, 5) is 4.63. The van der Waals surface area contributed by atoms with Gasteiger partial charge in [0.15, 0.2) is 0 Å². The van der Waals surface area contributed by atoms with Crippen molar-refractivity contribution in [2.45, 2.75) is 20.3 Å². The fourth-order valence-electron chi connectivity index (χ4n) is 4.66. The smallest absolute Gasteiger partial charge is 0.0702 e. The highest BCUT2D eigenvalue weighted by Crippen LogP contribution is 2.33. The average Bonchev–Trinajstić information content (AvgIpc) is 2.90. The molecule has 1 heteroatoms. The lowest BCUT2D eigenvalue weighted by Crippen LogP contribution is -1.94. The third-order valence-electron chi connectivity index (χ3n) is 6.27. The van der Waals surface area contributed by atoms with Gasteiger partial charge in [-0.25, -0.2) is 0 Å². The summed E-state index contributed by atoms with van der Waals surface area (Å²) in [7, 11) is 0. The monoisotopic (exact) mass is 451 g/mol. The van der Waals surface area contributed by atoms with Gasteiger partial charge in [0.2, 0.25) is 0 Å². The van der Waals surface area contributed by atoms with Crippen LogP contribution in [0.3, 0.4) is 0 Å². The normalized spacial score (nSPS) is 11.1. The molecule has 0 N–H and O–H groups in total. The van der Waals surface area contributed by atoms with Gasteiger partial charge in [-0.15, -0.1) is 0 Å². The number of hydrogen-bond donors (Lipinski definition) is 0. The minimum atomic E-state index is 0.903. The zero-order valence-electron chi connectivity index (χ0n) is 20.3. The van der Waals surface area contributed by atoms with E-state index in [4.69, 9.17) is 0 Å². The number of hydrogen-bond acceptors (Lipinski definition) is 1. The number of nitrogens with zero attached hydrogens (tertiary/aromatic N) is 1. The Bertz CT molecular complexity index is 1410. The van der Waals surface area contributed by atoms with Gasteiger partial charge >= 0.3 is 0 Å². The minimum absolute atomic E-state index is 0.903. The molecule has 4 aromatic carbocycles. The Morgan fingerprint density at radius 3 is 2.09 bits per heavy atom. The van der Waals surface area contributed by atoms with Crippen LogP contribution in [0.2, 0.25) is 0 Å². The molecule has 0 saturated heterocycles. The van der Waals surface area contributed by atoms with Crippen LogP contribution in [0, 0.1) is 6.92 Å². The maximum Gasteiger partial charge on any atom is 0.0702 e. The molecule has 0 aliphatic heterocycles. The van der Waals surface area contributed by atoms with Gasteiger partial charge in [-0.1, -0.05) is 96.6 Å². The second-order valence-electron chi connectivity index (χ2n) is 8.96. The Morgan fingerprint density at radius 1 is 0.629 bits per heavy atom. The van der Waals surface area contributed by atoms with Crippen LogP contribution >= 0.6 is 0 Å². The third-order valence-corrected chi connectivity index (χ3v) is 6.27. The summed E-state index contributed by atoms with van der Waals surface area (Å²) in [5.74, 6) is 0. The summed E-state index contributed by atoms with van der Waals surface area (Å²) in [6.45, 7) is 4.26. The first-order valence-electron chi connectivity index (χ1n) is 12.1. The molecule has 0 fully saturated rings. The Balaban J connectivity index is 1.61. The zero-order valence-corrected chi connectivity index (χ0v) is 20.3. The topological polar surface area (TPSA) is 12.9 Å². The average molecular weight is 452 g/mol. The molecule has 0 aliphatic rings. The summed E-state index contributed by atoms with van der Waals surface area (Å²) in [6.07, 6.45) is 7.06. The predicted octanol–water partition coefficient (Wildman–Crippen LogP) is 9.01. The first kappa shape index (κ1) is 22.6. The maximum atomic E-state index is 4.63. The quantitative estimate of drug-likeness (QED) is 0.251. The van der Waals surface area contributed by atoms with Crippen molar-refractivity contribution in [3.8, 4) is 33.5 Å². The van der Waals surface area contributed by atoms with Gasteiger partial charge in [0.25, 0.3) is 0 Å². The fourth-order valence-corrected chi connectivity index (χ4v) is 4.66. The van der Waals surface area contributed by atoms with Crippen LogP contribution < -0.4 is 0 Å². The van der Waals surface area contributed by atoms with Crippen molar-refractivity contribution < 1.29 is 0 Å². The highest BCUT2D eigenvalue weighted by atomic mass is 14.7. The van der Waals surface area contributed by atoms with E-state index >= 15 is 0 Å². The van der Waals surface area contributed by atoms with Crippen LogP contribution in [0.25, 0.3) is 39.6 Å². The van der Waals surface area contributed by atoms with E-state index in [1.165, 1.54) is 44.5 Å². The molecule has 170 valence electrons. The molecule has 35 heavy (non-hydrogen) atoms. The van der Waals surface area contributed by atoms with Crippen LogP contribution in [-0.2, 0) is 6.42 Å². The van der Waals surface area contributed by atoms with Crippen molar-refractivity contribution in [2.75, 3.05) is 0 Å². The predicted molar refractivity (Wildman–Crippen MR) is 149 cm³/mol. The number of allylic oxidation sites excluding steroid dienone is 1. The number of rotatable bonds is 6. The van der Waals surface area contributed by atoms with Crippen LogP contribution in [0.5, 0.6) is 0 Å². The number of pyridine rings is 1. The summed E-state index contributed by atoms with van der Waals surface area (Å²) in [5, 5.41) is 0. The molecule has 0 unspecified atom stereocenters. The summed E-state index contributed by atoms with van der Waals surface area (Å²) < 4.78 is 0. The van der Waals surface area contributed by atoms with Gasteiger partial charge in [-0.05, 0) is 89.5 Å². The lowest BCUT2D eigenvalue weighted by molar-refractivity contribution is 1.17. The van der Waals surface area contributed by atoms with E-state index < -0.39 is 0 Å². The summed E-state index contributed by atoms with van der Waals surface area (Å²) in [6, 6.07) is 39.0. The number of aryl methyl sites for hydroxylation is 1. The largest absolute Gasteiger partial charge is 0.256 e. The third kappa shape index (κ3) is 5.31. The fraction of sp³-hybridized carbons (Fsp3) is 0.0882. The zero-order chi connectivity index (χ0) is 24.0. The maximum absolute atomic E-state index is 4.63. The molecule has 1 aromatic heterocycles. The van der Waals surface area contributed by atoms with E-state index in [0.29, 0.717) is 0 Å². The highest BCUT2D eigenvalue weighted by molar-refractivity contribution is 5.80. The standard InChI is InChI=1S/C34H29N/c1-3-11-27-14-7-8-15-29(27)20-26-18-25(2)19-30(21-26)32-22-31(28-12-5-4-6-13-28)23-33(24-32)34-16-9-10-17-35-34/h3-19,21-24H,20H2,1-2H3/b11-3-. The Morgan fingerprint density at radius 2 is 1.31 bits per heavy atom. The van der Waals surface area contributed by atoms with Crippen molar-refractivity contribution in [3.05, 3.63) is 144 Å². The van der Waals surface area contributed by atoms with Gasteiger partial charge in [0.05, 0.1) is 5.69 Å². The molecule has 0 radical (unpaired) electrons. The van der Waals surface area contributed by atoms with Crippen molar-refractivity contribution in [1.82, 2.24) is 4.98 Å². The van der Waals surface area contributed by atoms with Crippen LogP contribution in [0.1, 0.15) is 29.2 Å². The molecular weight excluding hydrogens is 422 g/mol. The number of aromatic nitrogens is 1. The van der Waals surface area contributed by atoms with E-state index in [0.717, 1.165) is 17.7 Å². The Kier molecular flexibility index (Phi) is 6.68. The van der Waals surface area contributed by atoms with Gasteiger partial charge in [-0.3, -0.25) is 4.98 Å². The van der Waals surface area contributed by atoms with Gasteiger partial charge in [0.1, 0.15) is 0 Å². The van der Waals surface area contributed by atoms with E-state index in [-0.39, 0.29) is 0 Å². The highest BCUT2D eigenvalue weighted by Gasteiger charge is 2.10. The van der Waals surface area contributed by atoms with Crippen LogP contribution in [0.4, 0.5) is 0 Å². The van der Waals surface area contributed by atoms with E-state index in [9.17, 15) is 0 Å². The van der Waals surface area contributed by atoms with Crippen LogP contribution in [0.15, 0.2) is 121 Å². The Labute approximate surface area is 208 Å². The van der Waals surface area contributed by atoms with Gasteiger partial charge < -0.3 is 0 Å².